The van der Waals surface area contributed by atoms with Crippen LogP contribution in [0.4, 0.5) is 23.2 Å². The van der Waals surface area contributed by atoms with Gasteiger partial charge in [0, 0.05) is 12.1 Å². The maximum Gasteiger partial charge on any atom is 0.416 e. The van der Waals surface area contributed by atoms with Crippen LogP contribution in [0.2, 0.25) is 0 Å². The first-order valence-corrected chi connectivity index (χ1v) is 9.16. The molecule has 0 bridgehead atoms. The number of alkyl halides is 3. The second kappa shape index (κ2) is 10.9. The second-order valence-electron chi connectivity index (χ2n) is 6.32. The lowest BCUT2D eigenvalue weighted by atomic mass is 10.1. The number of carbonyl (C=O) groups excluding carboxylic acids is 3. The van der Waals surface area contributed by atoms with Crippen LogP contribution in [-0.2, 0) is 20.5 Å². The summed E-state index contributed by atoms with van der Waals surface area (Å²) in [5.41, 5.74) is -1.12. The molecule has 0 atom stereocenters. The largest absolute Gasteiger partial charge is 0.454 e. The number of ether oxygens (including phenoxy) is 1. The zero-order valence-electron chi connectivity index (χ0n) is 16.5. The van der Waals surface area contributed by atoms with Gasteiger partial charge in [0.2, 0.25) is 0 Å². The van der Waals surface area contributed by atoms with Gasteiger partial charge in [-0.25, -0.2) is 4.39 Å². The van der Waals surface area contributed by atoms with Crippen LogP contribution in [0.15, 0.2) is 48.5 Å². The van der Waals surface area contributed by atoms with Crippen LogP contribution in [0, 0.1) is 17.1 Å². The van der Waals surface area contributed by atoms with Crippen molar-refractivity contribution in [3.05, 3.63) is 65.5 Å². The monoisotopic (exact) mass is 451 g/mol. The third-order valence-corrected chi connectivity index (χ3v) is 4.12. The van der Waals surface area contributed by atoms with Crippen LogP contribution in [0.5, 0.6) is 0 Å². The van der Waals surface area contributed by atoms with E-state index in [1.807, 2.05) is 6.07 Å². The first kappa shape index (κ1) is 24.3. The fourth-order valence-electron chi connectivity index (χ4n) is 2.55. The molecular weight excluding hydrogens is 434 g/mol. The molecule has 2 aromatic carbocycles. The Morgan fingerprint density at radius 1 is 1.06 bits per heavy atom. The minimum absolute atomic E-state index is 0.0839. The Kier molecular flexibility index (Phi) is 8.29. The molecule has 0 heterocycles. The number of halogens is 4. The number of hydrogen-bond acceptors (Lipinski definition) is 5. The number of nitriles is 1. The van der Waals surface area contributed by atoms with Crippen molar-refractivity contribution in [1.82, 2.24) is 5.32 Å². The SMILES string of the molecule is N#CCCN(C(=O)COC(=O)CNC(=O)c1ccc(C(F)(F)F)cc1)c1ccccc1F. The predicted octanol–water partition coefficient (Wildman–Crippen LogP) is 3.06. The molecule has 0 radical (unpaired) electrons. The van der Waals surface area contributed by atoms with Gasteiger partial charge in [-0.3, -0.25) is 14.4 Å². The molecule has 2 aromatic rings. The normalized spacial score (nSPS) is 10.7. The highest BCUT2D eigenvalue weighted by atomic mass is 19.4. The molecular formula is C21H17F4N3O4. The number of para-hydroxylation sites is 1. The van der Waals surface area contributed by atoms with Crippen LogP contribution in [0.1, 0.15) is 22.3 Å². The van der Waals surface area contributed by atoms with Gasteiger partial charge >= 0.3 is 12.1 Å². The zero-order chi connectivity index (χ0) is 23.7. The molecule has 0 spiro atoms. The Bertz CT molecular complexity index is 1020. The van der Waals surface area contributed by atoms with E-state index in [2.05, 4.69) is 5.32 Å². The Morgan fingerprint density at radius 2 is 1.72 bits per heavy atom. The van der Waals surface area contributed by atoms with Crippen LogP contribution < -0.4 is 10.2 Å². The number of anilines is 1. The van der Waals surface area contributed by atoms with E-state index in [1.54, 1.807) is 0 Å². The molecule has 0 aliphatic carbocycles. The summed E-state index contributed by atoms with van der Waals surface area (Å²) in [6.45, 7) is -1.54. The van der Waals surface area contributed by atoms with E-state index in [4.69, 9.17) is 10.00 Å². The third-order valence-electron chi connectivity index (χ3n) is 4.12. The predicted molar refractivity (Wildman–Crippen MR) is 104 cm³/mol. The molecule has 168 valence electrons. The van der Waals surface area contributed by atoms with Gasteiger partial charge < -0.3 is 15.0 Å². The molecule has 0 aromatic heterocycles. The maximum absolute atomic E-state index is 14.0. The van der Waals surface area contributed by atoms with Gasteiger partial charge in [0.05, 0.1) is 23.7 Å². The number of nitrogens with zero attached hydrogens (tertiary/aromatic N) is 2. The number of hydrogen-bond donors (Lipinski definition) is 1. The van der Waals surface area contributed by atoms with Gasteiger partial charge in [0.25, 0.3) is 11.8 Å². The standard InChI is InChI=1S/C21H17F4N3O4/c22-16-4-1-2-5-17(16)28(11-3-10-26)18(29)13-32-19(30)12-27-20(31)14-6-8-15(9-7-14)21(23,24)25/h1-2,4-9H,3,11-13H2,(H,27,31). The molecule has 2 rings (SSSR count). The fourth-order valence-corrected chi connectivity index (χ4v) is 2.55. The highest BCUT2D eigenvalue weighted by Gasteiger charge is 2.30. The van der Waals surface area contributed by atoms with E-state index < -0.39 is 48.5 Å². The summed E-state index contributed by atoms with van der Waals surface area (Å²) in [4.78, 5) is 37.1. The van der Waals surface area contributed by atoms with Gasteiger partial charge in [-0.1, -0.05) is 12.1 Å². The highest BCUT2D eigenvalue weighted by Crippen LogP contribution is 2.29. The zero-order valence-corrected chi connectivity index (χ0v) is 16.5. The van der Waals surface area contributed by atoms with Crippen molar-refractivity contribution in [3.63, 3.8) is 0 Å². The molecule has 1 N–H and O–H groups in total. The summed E-state index contributed by atoms with van der Waals surface area (Å²) in [5, 5.41) is 10.9. The van der Waals surface area contributed by atoms with E-state index >= 15 is 0 Å². The molecule has 7 nitrogen and oxygen atoms in total. The summed E-state index contributed by atoms with van der Waals surface area (Å²) in [6.07, 6.45) is -4.63. The van der Waals surface area contributed by atoms with Crippen molar-refractivity contribution >= 4 is 23.5 Å². The topological polar surface area (TPSA) is 99.5 Å². The molecule has 0 saturated heterocycles. The first-order valence-electron chi connectivity index (χ1n) is 9.16. The van der Waals surface area contributed by atoms with E-state index in [-0.39, 0.29) is 24.2 Å². The number of carbonyl (C=O) groups is 3. The molecule has 0 fully saturated rings. The fraction of sp³-hybridized carbons (Fsp3) is 0.238. The summed E-state index contributed by atoms with van der Waals surface area (Å²) < 4.78 is 56.4. The minimum Gasteiger partial charge on any atom is -0.454 e. The summed E-state index contributed by atoms with van der Waals surface area (Å²) in [7, 11) is 0. The van der Waals surface area contributed by atoms with Crippen molar-refractivity contribution in [2.45, 2.75) is 12.6 Å². The Hall–Kier alpha value is -3.94. The lowest BCUT2D eigenvalue weighted by Crippen LogP contribution is -2.37. The van der Waals surface area contributed by atoms with Gasteiger partial charge in [0.15, 0.2) is 6.61 Å². The van der Waals surface area contributed by atoms with Gasteiger partial charge in [0.1, 0.15) is 12.4 Å². The van der Waals surface area contributed by atoms with Gasteiger partial charge in [-0.05, 0) is 36.4 Å². The number of esters is 1. The van der Waals surface area contributed by atoms with Gasteiger partial charge in [-0.15, -0.1) is 0 Å². The third kappa shape index (κ3) is 6.80. The molecule has 11 heteroatoms. The molecule has 0 aliphatic rings. The van der Waals surface area contributed by atoms with Crippen molar-refractivity contribution < 1.29 is 36.7 Å². The quantitative estimate of drug-likeness (QED) is 0.491. The molecule has 32 heavy (non-hydrogen) atoms. The van der Waals surface area contributed by atoms with Crippen molar-refractivity contribution in [3.8, 4) is 6.07 Å². The highest BCUT2D eigenvalue weighted by molar-refractivity contribution is 5.97. The molecule has 2 amide bonds. The van der Waals surface area contributed by atoms with Crippen molar-refractivity contribution in [2.24, 2.45) is 0 Å². The smallest absolute Gasteiger partial charge is 0.416 e. The molecule has 0 aliphatic heterocycles. The van der Waals surface area contributed by atoms with Crippen LogP contribution in [0.3, 0.4) is 0 Å². The van der Waals surface area contributed by atoms with E-state index in [0.717, 1.165) is 35.2 Å². The van der Waals surface area contributed by atoms with E-state index in [0.29, 0.717) is 0 Å². The number of benzene rings is 2. The lowest BCUT2D eigenvalue weighted by molar-refractivity contribution is -0.146. The van der Waals surface area contributed by atoms with Crippen LogP contribution >= 0.6 is 0 Å². The summed E-state index contributed by atoms with van der Waals surface area (Å²) >= 11 is 0. The first-order chi connectivity index (χ1) is 15.1. The summed E-state index contributed by atoms with van der Waals surface area (Å²) in [5.74, 6) is -3.29. The Labute approximate surface area is 180 Å². The number of amides is 2. The van der Waals surface area contributed by atoms with Crippen LogP contribution in [0.25, 0.3) is 0 Å². The van der Waals surface area contributed by atoms with Gasteiger partial charge in [-0.2, -0.15) is 18.4 Å². The number of nitrogens with one attached hydrogen (secondary N) is 1. The average molecular weight is 451 g/mol. The van der Waals surface area contributed by atoms with E-state index in [9.17, 15) is 31.9 Å². The maximum atomic E-state index is 14.0. The van der Waals surface area contributed by atoms with Crippen molar-refractivity contribution in [1.29, 1.82) is 5.26 Å². The minimum atomic E-state index is -4.55. The van der Waals surface area contributed by atoms with E-state index in [1.165, 1.54) is 18.2 Å². The molecule has 0 unspecified atom stereocenters. The summed E-state index contributed by atoms with van der Waals surface area (Å²) in [6, 6.07) is 10.6. The average Bonchev–Trinajstić information content (AvgIpc) is 2.76. The Morgan fingerprint density at radius 3 is 2.31 bits per heavy atom. The second-order valence-corrected chi connectivity index (χ2v) is 6.32. The van der Waals surface area contributed by atoms with Crippen molar-refractivity contribution in [2.75, 3.05) is 24.6 Å². The lowest BCUT2D eigenvalue weighted by Gasteiger charge is -2.22. The van der Waals surface area contributed by atoms with Crippen LogP contribution in [-0.4, -0.2) is 37.5 Å². The Balaban J connectivity index is 1.89. The molecule has 0 saturated carbocycles. The number of rotatable bonds is 8.